The van der Waals surface area contributed by atoms with E-state index in [9.17, 15) is 4.39 Å². The van der Waals surface area contributed by atoms with Gasteiger partial charge in [-0.05, 0) is 44.6 Å². The molecule has 5 nitrogen and oxygen atoms in total. The maximum absolute atomic E-state index is 13.0. The van der Waals surface area contributed by atoms with Gasteiger partial charge in [0.25, 0.3) is 0 Å². The van der Waals surface area contributed by atoms with Crippen molar-refractivity contribution >= 4 is 11.9 Å². The van der Waals surface area contributed by atoms with Gasteiger partial charge >= 0.3 is 0 Å². The van der Waals surface area contributed by atoms with Gasteiger partial charge in [0.2, 0.25) is 0 Å². The first-order valence-electron chi connectivity index (χ1n) is 8.07. The average molecular weight is 317 g/mol. The molecule has 6 heteroatoms. The number of likely N-dealkylation sites (tertiary alicyclic amines) is 1. The molecule has 3 rings (SSSR count). The summed E-state index contributed by atoms with van der Waals surface area (Å²) < 4.78 is 13.0. The molecular formula is C17H24FN5. The molecule has 0 amide bonds. The number of hydrogen-bond donors (Lipinski definition) is 2. The van der Waals surface area contributed by atoms with Crippen LogP contribution in [0.25, 0.3) is 0 Å². The van der Waals surface area contributed by atoms with E-state index in [0.717, 1.165) is 30.8 Å². The van der Waals surface area contributed by atoms with Crippen molar-refractivity contribution in [3.63, 3.8) is 0 Å². The lowest BCUT2D eigenvalue weighted by Crippen LogP contribution is -2.57. The lowest BCUT2D eigenvalue weighted by atomic mass is 9.96. The molecule has 23 heavy (non-hydrogen) atoms. The minimum Gasteiger partial charge on any atom is -0.305 e. The molecule has 0 bridgehead atoms. The smallest absolute Gasteiger partial charge is 0.196 e. The second kappa shape index (κ2) is 6.37. The highest BCUT2D eigenvalue weighted by atomic mass is 19.1. The van der Waals surface area contributed by atoms with Gasteiger partial charge in [0, 0.05) is 24.7 Å². The minimum absolute atomic E-state index is 0.0639. The van der Waals surface area contributed by atoms with Gasteiger partial charge < -0.3 is 4.90 Å². The van der Waals surface area contributed by atoms with Crippen LogP contribution in [0.1, 0.15) is 31.7 Å². The van der Waals surface area contributed by atoms with Gasteiger partial charge in [0.05, 0.1) is 5.71 Å². The third-order valence-corrected chi connectivity index (χ3v) is 4.55. The second-order valence-electron chi connectivity index (χ2n) is 6.64. The summed E-state index contributed by atoms with van der Waals surface area (Å²) in [5.74, 6) is -0.729. The number of nitrogens with one attached hydrogen (secondary N) is 2. The molecule has 2 aliphatic heterocycles. The summed E-state index contributed by atoms with van der Waals surface area (Å²) in [5, 5.41) is 8.01. The molecule has 2 aliphatic rings. The molecule has 2 N–H and O–H groups in total. The number of nitrogens with zero attached hydrogens (tertiary/aromatic N) is 3. The fraction of sp³-hybridized carbons (Fsp3) is 0.529. The lowest BCUT2D eigenvalue weighted by Gasteiger charge is -2.32. The van der Waals surface area contributed by atoms with E-state index >= 15 is 0 Å². The van der Waals surface area contributed by atoms with Crippen molar-refractivity contribution in [2.24, 2.45) is 10.1 Å². The zero-order chi connectivity index (χ0) is 16.4. The molecule has 2 heterocycles. The van der Waals surface area contributed by atoms with Crippen LogP contribution in [0.4, 0.5) is 4.39 Å². The van der Waals surface area contributed by atoms with Crippen LogP contribution in [-0.4, -0.2) is 48.8 Å². The van der Waals surface area contributed by atoms with Gasteiger partial charge in [-0.3, -0.25) is 10.7 Å². The van der Waals surface area contributed by atoms with Crippen LogP contribution in [-0.2, 0) is 0 Å². The third kappa shape index (κ3) is 3.76. The van der Waals surface area contributed by atoms with Crippen LogP contribution in [0, 0.1) is 5.82 Å². The molecule has 0 aliphatic carbocycles. The zero-order valence-corrected chi connectivity index (χ0v) is 13.9. The standard InChI is InChI=1S/C17H24FN5/c1-12(13-4-6-14(18)7-5-13)16-10-19-17(2,22-21-16)20-15-8-9-23(3)11-15/h4-7,10,12,15,20,22H,8-9,11H2,1-3H3/t12?,15-,17?/m1/s1. The van der Waals surface area contributed by atoms with E-state index in [1.807, 2.05) is 20.1 Å². The number of hydrogen-bond acceptors (Lipinski definition) is 5. The first-order valence-corrected chi connectivity index (χ1v) is 8.07. The Balaban J connectivity index is 1.63. The van der Waals surface area contributed by atoms with Gasteiger partial charge in [0.1, 0.15) is 5.82 Å². The first-order chi connectivity index (χ1) is 11.0. The molecule has 1 fully saturated rings. The highest BCUT2D eigenvalue weighted by Crippen LogP contribution is 2.20. The van der Waals surface area contributed by atoms with Crippen LogP contribution in [0.3, 0.4) is 0 Å². The number of rotatable bonds is 4. The van der Waals surface area contributed by atoms with Gasteiger partial charge in [-0.1, -0.05) is 19.1 Å². The monoisotopic (exact) mass is 317 g/mol. The number of aliphatic imine (C=N–C) groups is 1. The fourth-order valence-electron chi connectivity index (χ4n) is 3.08. The van der Waals surface area contributed by atoms with Crippen LogP contribution in [0.15, 0.2) is 34.4 Å². The molecule has 0 radical (unpaired) electrons. The second-order valence-corrected chi connectivity index (χ2v) is 6.64. The van der Waals surface area contributed by atoms with Crippen molar-refractivity contribution in [2.45, 2.75) is 38.0 Å². The molecule has 1 saturated heterocycles. The molecule has 0 saturated carbocycles. The summed E-state index contributed by atoms with van der Waals surface area (Å²) in [4.78, 5) is 6.93. The molecule has 124 valence electrons. The SMILES string of the molecule is CC(C1=NNC(C)(N[C@@H]2CCN(C)C2)N=C1)c1ccc(F)cc1. The van der Waals surface area contributed by atoms with Gasteiger partial charge in [-0.25, -0.2) is 9.38 Å². The Morgan fingerprint density at radius 2 is 2.13 bits per heavy atom. The molecule has 0 aromatic heterocycles. The predicted octanol–water partition coefficient (Wildman–Crippen LogP) is 1.93. The first kappa shape index (κ1) is 16.1. The van der Waals surface area contributed by atoms with E-state index in [0.29, 0.717) is 6.04 Å². The molecule has 2 unspecified atom stereocenters. The van der Waals surface area contributed by atoms with E-state index in [-0.39, 0.29) is 11.7 Å². The van der Waals surface area contributed by atoms with E-state index in [1.54, 1.807) is 12.1 Å². The maximum atomic E-state index is 13.0. The normalized spacial score (nSPS) is 29.2. The minimum atomic E-state index is -0.568. The van der Waals surface area contributed by atoms with E-state index in [4.69, 9.17) is 0 Å². The average Bonchev–Trinajstić information content (AvgIpc) is 2.92. The number of hydrazone groups is 1. The Bertz CT molecular complexity index is 612. The Morgan fingerprint density at radius 3 is 2.70 bits per heavy atom. The topological polar surface area (TPSA) is 52.0 Å². The van der Waals surface area contributed by atoms with Crippen molar-refractivity contribution in [1.29, 1.82) is 0 Å². The quantitative estimate of drug-likeness (QED) is 0.892. The summed E-state index contributed by atoms with van der Waals surface area (Å²) in [6.45, 7) is 6.16. The largest absolute Gasteiger partial charge is 0.305 e. The zero-order valence-electron chi connectivity index (χ0n) is 13.9. The Morgan fingerprint density at radius 1 is 1.39 bits per heavy atom. The molecular weight excluding hydrogens is 293 g/mol. The molecule has 3 atom stereocenters. The van der Waals surface area contributed by atoms with Gasteiger partial charge in [-0.15, -0.1) is 0 Å². The van der Waals surface area contributed by atoms with Crippen molar-refractivity contribution in [3.05, 3.63) is 35.6 Å². The fourth-order valence-corrected chi connectivity index (χ4v) is 3.08. The van der Waals surface area contributed by atoms with E-state index in [2.05, 4.69) is 32.8 Å². The lowest BCUT2D eigenvalue weighted by molar-refractivity contribution is 0.260. The predicted molar refractivity (Wildman–Crippen MR) is 91.3 cm³/mol. The van der Waals surface area contributed by atoms with Crippen molar-refractivity contribution in [3.8, 4) is 0 Å². The Kier molecular flexibility index (Phi) is 4.46. The van der Waals surface area contributed by atoms with Gasteiger partial charge in [0.15, 0.2) is 5.79 Å². The van der Waals surface area contributed by atoms with Crippen molar-refractivity contribution < 1.29 is 4.39 Å². The van der Waals surface area contributed by atoms with Crippen LogP contribution in [0.5, 0.6) is 0 Å². The molecule has 0 spiro atoms. The Hall–Kier alpha value is -1.79. The van der Waals surface area contributed by atoms with Crippen LogP contribution >= 0.6 is 0 Å². The molecule has 1 aromatic carbocycles. The third-order valence-electron chi connectivity index (χ3n) is 4.55. The summed E-state index contributed by atoms with van der Waals surface area (Å²) in [7, 11) is 2.13. The van der Waals surface area contributed by atoms with Gasteiger partial charge in [-0.2, -0.15) is 5.10 Å². The van der Waals surface area contributed by atoms with Crippen LogP contribution < -0.4 is 10.7 Å². The van der Waals surface area contributed by atoms with E-state index in [1.165, 1.54) is 12.1 Å². The summed E-state index contributed by atoms with van der Waals surface area (Å²) in [6.07, 6.45) is 2.93. The highest BCUT2D eigenvalue weighted by molar-refractivity contribution is 6.33. The summed E-state index contributed by atoms with van der Waals surface area (Å²) in [6, 6.07) is 6.94. The number of likely N-dealkylation sites (N-methyl/N-ethyl adjacent to an activating group) is 1. The van der Waals surface area contributed by atoms with Crippen LogP contribution in [0.2, 0.25) is 0 Å². The summed E-state index contributed by atoms with van der Waals surface area (Å²) in [5.41, 5.74) is 5.00. The van der Waals surface area contributed by atoms with Crippen molar-refractivity contribution in [2.75, 3.05) is 20.1 Å². The molecule has 1 aromatic rings. The van der Waals surface area contributed by atoms with E-state index < -0.39 is 5.79 Å². The summed E-state index contributed by atoms with van der Waals surface area (Å²) >= 11 is 0. The Labute approximate surface area is 136 Å². The maximum Gasteiger partial charge on any atom is 0.196 e. The highest BCUT2D eigenvalue weighted by Gasteiger charge is 2.31. The number of benzene rings is 1. The van der Waals surface area contributed by atoms with Crippen molar-refractivity contribution in [1.82, 2.24) is 15.6 Å². The number of halogens is 1.